The van der Waals surface area contributed by atoms with Crippen molar-refractivity contribution >= 4 is 5.78 Å². The van der Waals surface area contributed by atoms with E-state index >= 15 is 0 Å². The van der Waals surface area contributed by atoms with Crippen LogP contribution in [0.4, 0.5) is 0 Å². The predicted molar refractivity (Wildman–Crippen MR) is 125 cm³/mol. The summed E-state index contributed by atoms with van der Waals surface area (Å²) in [5.41, 5.74) is 0. The van der Waals surface area contributed by atoms with Crippen LogP contribution in [0.2, 0.25) is 0 Å². The maximum absolute atomic E-state index is 12.1. The Labute approximate surface area is 216 Å². The first-order valence-corrected chi connectivity index (χ1v) is 13.3. The molecule has 0 aromatic rings. The predicted octanol–water partition coefficient (Wildman–Crippen LogP) is -0.996. The first-order chi connectivity index (χ1) is 17.6. The fourth-order valence-corrected chi connectivity index (χ4v) is 5.68. The third-order valence-electron chi connectivity index (χ3n) is 7.98. The van der Waals surface area contributed by atoms with E-state index in [2.05, 4.69) is 0 Å². The summed E-state index contributed by atoms with van der Waals surface area (Å²) in [6, 6.07) is 0. The van der Waals surface area contributed by atoms with Gasteiger partial charge in [-0.1, -0.05) is 13.3 Å². The van der Waals surface area contributed by atoms with Gasteiger partial charge in [0, 0.05) is 6.61 Å². The zero-order chi connectivity index (χ0) is 26.9. The van der Waals surface area contributed by atoms with Crippen molar-refractivity contribution < 1.29 is 58.7 Å². The Balaban J connectivity index is 1.52. The molecule has 4 rings (SSSR count). The Morgan fingerprint density at radius 3 is 2.30 bits per heavy atom. The quantitative estimate of drug-likeness (QED) is 0.282. The first-order valence-electron chi connectivity index (χ1n) is 13.3. The Kier molecular flexibility index (Phi) is 9.95. The van der Waals surface area contributed by atoms with E-state index in [0.717, 1.165) is 12.8 Å². The maximum Gasteiger partial charge on any atom is 0.187 e. The molecule has 214 valence electrons. The molecule has 5 N–H and O–H groups in total. The normalized spacial score (nSPS) is 49.5. The Hall–Kier alpha value is -0.770. The lowest BCUT2D eigenvalue weighted by Crippen LogP contribution is -2.64. The number of Topliss-reactive ketones (excluding diaryl/α,β-unsaturated/α-hetero) is 1. The van der Waals surface area contributed by atoms with Crippen molar-refractivity contribution in [2.45, 2.75) is 133 Å². The zero-order valence-corrected chi connectivity index (χ0v) is 21.6. The summed E-state index contributed by atoms with van der Waals surface area (Å²) in [4.78, 5) is 12.1. The van der Waals surface area contributed by atoms with E-state index in [4.69, 9.17) is 28.4 Å². The van der Waals surface area contributed by atoms with E-state index in [0.29, 0.717) is 25.9 Å². The van der Waals surface area contributed by atoms with Crippen LogP contribution in [0.5, 0.6) is 0 Å². The number of aliphatic hydroxyl groups excluding tert-OH is 5. The second-order valence-electron chi connectivity index (χ2n) is 10.8. The van der Waals surface area contributed by atoms with Crippen molar-refractivity contribution in [1.29, 1.82) is 0 Å². The van der Waals surface area contributed by atoms with Crippen LogP contribution in [-0.4, -0.2) is 124 Å². The maximum atomic E-state index is 12.1. The monoisotopic (exact) mass is 534 g/mol. The minimum atomic E-state index is -1.45. The highest BCUT2D eigenvalue weighted by molar-refractivity contribution is 5.80. The van der Waals surface area contributed by atoms with Crippen molar-refractivity contribution in [3.8, 4) is 0 Å². The number of rotatable bonds is 6. The molecule has 0 aromatic carbocycles. The molecule has 12 heteroatoms. The van der Waals surface area contributed by atoms with Crippen LogP contribution >= 0.6 is 0 Å². The molecule has 3 aliphatic heterocycles. The van der Waals surface area contributed by atoms with Crippen LogP contribution in [-0.2, 0) is 33.2 Å². The topological polar surface area (TPSA) is 174 Å². The second kappa shape index (κ2) is 12.6. The highest BCUT2D eigenvalue weighted by Crippen LogP contribution is 2.36. The van der Waals surface area contributed by atoms with Crippen LogP contribution in [0.1, 0.15) is 52.9 Å². The smallest absolute Gasteiger partial charge is 0.187 e. The number of hydrogen-bond acceptors (Lipinski definition) is 12. The number of fused-ring (bicyclic) bond motifs is 1. The molecule has 0 spiro atoms. The van der Waals surface area contributed by atoms with Crippen LogP contribution in [0, 0.1) is 5.92 Å². The van der Waals surface area contributed by atoms with Crippen LogP contribution in [0.25, 0.3) is 0 Å². The van der Waals surface area contributed by atoms with Crippen molar-refractivity contribution in [2.24, 2.45) is 5.92 Å². The van der Waals surface area contributed by atoms with Crippen LogP contribution < -0.4 is 0 Å². The van der Waals surface area contributed by atoms with E-state index in [1.165, 1.54) is 6.92 Å². The molecule has 37 heavy (non-hydrogen) atoms. The van der Waals surface area contributed by atoms with Crippen molar-refractivity contribution in [2.75, 3.05) is 13.2 Å². The van der Waals surface area contributed by atoms with Gasteiger partial charge in [-0.25, -0.2) is 0 Å². The van der Waals surface area contributed by atoms with Gasteiger partial charge in [0.05, 0.1) is 24.9 Å². The first kappa shape index (κ1) is 29.2. The molecule has 0 aromatic heterocycles. The zero-order valence-electron chi connectivity index (χ0n) is 21.6. The average molecular weight is 535 g/mol. The summed E-state index contributed by atoms with van der Waals surface area (Å²) >= 11 is 0. The van der Waals surface area contributed by atoms with Gasteiger partial charge in [0.25, 0.3) is 0 Å². The van der Waals surface area contributed by atoms with Crippen molar-refractivity contribution in [3.05, 3.63) is 0 Å². The molecule has 0 amide bonds. The van der Waals surface area contributed by atoms with Crippen LogP contribution in [0.3, 0.4) is 0 Å². The molecule has 4 fully saturated rings. The fraction of sp³-hybridized carbons (Fsp3) is 0.960. The van der Waals surface area contributed by atoms with E-state index in [-0.39, 0.29) is 11.7 Å². The van der Waals surface area contributed by atoms with Gasteiger partial charge in [-0.3, -0.25) is 4.79 Å². The van der Waals surface area contributed by atoms with E-state index in [1.807, 2.05) is 6.92 Å². The van der Waals surface area contributed by atoms with Gasteiger partial charge in [0.15, 0.2) is 18.4 Å². The van der Waals surface area contributed by atoms with Gasteiger partial charge < -0.3 is 54.0 Å². The summed E-state index contributed by atoms with van der Waals surface area (Å²) in [6.07, 6.45) is -9.58. The van der Waals surface area contributed by atoms with Gasteiger partial charge in [-0.2, -0.15) is 0 Å². The molecule has 0 bridgehead atoms. The summed E-state index contributed by atoms with van der Waals surface area (Å²) in [7, 11) is 0. The number of aliphatic hydroxyl groups is 5. The van der Waals surface area contributed by atoms with Crippen LogP contribution in [0.15, 0.2) is 0 Å². The number of hydrogen-bond donors (Lipinski definition) is 5. The number of ether oxygens (including phenoxy) is 6. The lowest BCUT2D eigenvalue weighted by molar-refractivity contribution is -0.354. The minimum Gasteiger partial charge on any atom is -0.394 e. The second-order valence-corrected chi connectivity index (χ2v) is 10.8. The number of carbonyl (C=O) groups excluding carboxylic acids is 1. The van der Waals surface area contributed by atoms with E-state index < -0.39 is 86.3 Å². The van der Waals surface area contributed by atoms with Gasteiger partial charge in [-0.15, -0.1) is 0 Å². The lowest BCUT2D eigenvalue weighted by atomic mass is 9.85. The van der Waals surface area contributed by atoms with Crippen molar-refractivity contribution in [1.82, 2.24) is 0 Å². The van der Waals surface area contributed by atoms with Gasteiger partial charge >= 0.3 is 0 Å². The van der Waals surface area contributed by atoms with E-state index in [9.17, 15) is 30.3 Å². The third kappa shape index (κ3) is 6.36. The molecular formula is C25H42O12. The molecule has 1 saturated carbocycles. The Morgan fingerprint density at radius 2 is 1.59 bits per heavy atom. The highest BCUT2D eigenvalue weighted by atomic mass is 16.7. The van der Waals surface area contributed by atoms with Gasteiger partial charge in [0.2, 0.25) is 0 Å². The molecule has 4 aliphatic rings. The molecule has 12 nitrogen and oxygen atoms in total. The third-order valence-corrected chi connectivity index (χ3v) is 7.98. The molecule has 0 radical (unpaired) electrons. The summed E-state index contributed by atoms with van der Waals surface area (Å²) in [5, 5.41) is 51.4. The standard InChI is InChI=1S/C25H42O12/c1-11-6-4-7-15(21(11)37-24-20(31)19(30)17(28)13(3)33-24)35-25-23-22(18(29)16(10-26)36-25)34-14(12(2)27)8-5-9-32-23/h11,13-26,28-31H,4-10H2,1-3H3/t11?,13?,14-,15-,16?,17-,18+,19?,20+,21-,22?,23?,24+,25-/m1/s1. The SMILES string of the molecule is CC(=O)[C@H]1CCCOC2C(O1)[C@@H](O)C(CO)O[C@H]2O[C@@H]1CCCC(C)[C@H]1O[C@@H]1OC(C)[C@@H](O)C(O)[C@@H]1O. The minimum absolute atomic E-state index is 0.00376. The molecule has 14 atom stereocenters. The number of carbonyl (C=O) groups is 1. The summed E-state index contributed by atoms with van der Waals surface area (Å²) in [6.45, 7) is 4.84. The van der Waals surface area contributed by atoms with E-state index in [1.54, 1.807) is 6.92 Å². The van der Waals surface area contributed by atoms with Gasteiger partial charge in [0.1, 0.15) is 48.8 Å². The average Bonchev–Trinajstić information content (AvgIpc) is 2.84. The molecule has 1 aliphatic carbocycles. The fourth-order valence-electron chi connectivity index (χ4n) is 5.68. The molecular weight excluding hydrogens is 492 g/mol. The van der Waals surface area contributed by atoms with Gasteiger partial charge in [-0.05, 0) is 45.4 Å². The lowest BCUT2D eigenvalue weighted by Gasteiger charge is -2.48. The largest absolute Gasteiger partial charge is 0.394 e. The highest BCUT2D eigenvalue weighted by Gasteiger charge is 2.51. The summed E-state index contributed by atoms with van der Waals surface area (Å²) < 4.78 is 36.2. The Morgan fingerprint density at radius 1 is 0.838 bits per heavy atom. The molecule has 6 unspecified atom stereocenters. The molecule has 3 heterocycles. The van der Waals surface area contributed by atoms with Crippen molar-refractivity contribution in [3.63, 3.8) is 0 Å². The molecule has 3 saturated heterocycles. The number of ketones is 1. The summed E-state index contributed by atoms with van der Waals surface area (Å²) in [5.74, 6) is -0.149. The Bertz CT molecular complexity index is 753.